The number of benzene rings is 2. The summed E-state index contributed by atoms with van der Waals surface area (Å²) in [5.41, 5.74) is 3.67. The number of nitriles is 1. The first kappa shape index (κ1) is 15.5. The minimum atomic E-state index is -0.200. The SMILES string of the molecule is Cc1c(Br)cccc1-c1nc2cc(CO)c(OCC#N)cc2o1. The molecule has 0 saturated heterocycles. The largest absolute Gasteiger partial charge is 0.478 e. The van der Waals surface area contributed by atoms with Crippen molar-refractivity contribution in [3.05, 3.63) is 45.9 Å². The molecule has 3 aromatic rings. The number of aromatic nitrogens is 1. The lowest BCUT2D eigenvalue weighted by Gasteiger charge is -2.06. The van der Waals surface area contributed by atoms with E-state index in [4.69, 9.17) is 14.4 Å². The molecule has 0 atom stereocenters. The van der Waals surface area contributed by atoms with Crippen LogP contribution in [0.1, 0.15) is 11.1 Å². The second-order valence-corrected chi connectivity index (χ2v) is 5.82. The van der Waals surface area contributed by atoms with E-state index in [-0.39, 0.29) is 13.2 Å². The van der Waals surface area contributed by atoms with Crippen molar-refractivity contribution < 1.29 is 14.3 Å². The van der Waals surface area contributed by atoms with Gasteiger partial charge in [-0.05, 0) is 30.7 Å². The second kappa shape index (κ2) is 6.41. The molecule has 0 aliphatic carbocycles. The maximum Gasteiger partial charge on any atom is 0.227 e. The van der Waals surface area contributed by atoms with Crippen LogP contribution in [-0.4, -0.2) is 16.7 Å². The number of rotatable bonds is 4. The Balaban J connectivity index is 2.12. The lowest BCUT2D eigenvalue weighted by molar-refractivity contribution is 0.270. The van der Waals surface area contributed by atoms with E-state index >= 15 is 0 Å². The fourth-order valence-corrected chi connectivity index (χ4v) is 2.69. The van der Waals surface area contributed by atoms with Gasteiger partial charge in [0.25, 0.3) is 0 Å². The number of nitrogens with zero attached hydrogens (tertiary/aromatic N) is 2. The fraction of sp³-hybridized carbons (Fsp3) is 0.176. The van der Waals surface area contributed by atoms with E-state index in [1.165, 1.54) is 0 Å². The van der Waals surface area contributed by atoms with Crippen molar-refractivity contribution in [1.82, 2.24) is 4.98 Å². The molecule has 0 saturated carbocycles. The zero-order chi connectivity index (χ0) is 16.4. The first-order chi connectivity index (χ1) is 11.1. The zero-order valence-electron chi connectivity index (χ0n) is 12.3. The summed E-state index contributed by atoms with van der Waals surface area (Å²) in [5, 5.41) is 18.1. The number of oxazole rings is 1. The Kier molecular flexibility index (Phi) is 4.33. The Morgan fingerprint density at radius 1 is 1.39 bits per heavy atom. The third kappa shape index (κ3) is 2.93. The third-order valence-electron chi connectivity index (χ3n) is 3.53. The average Bonchev–Trinajstić information content (AvgIpc) is 2.96. The highest BCUT2D eigenvalue weighted by atomic mass is 79.9. The topological polar surface area (TPSA) is 79.3 Å². The summed E-state index contributed by atoms with van der Waals surface area (Å²) in [4.78, 5) is 4.50. The van der Waals surface area contributed by atoms with Gasteiger partial charge < -0.3 is 14.3 Å². The van der Waals surface area contributed by atoms with Crippen molar-refractivity contribution in [2.24, 2.45) is 0 Å². The quantitative estimate of drug-likeness (QED) is 0.749. The predicted octanol–water partition coefficient (Wildman–Crippen LogP) is 3.96. The van der Waals surface area contributed by atoms with E-state index in [0.717, 1.165) is 15.6 Å². The summed E-state index contributed by atoms with van der Waals surface area (Å²) < 4.78 is 12.1. The standard InChI is InChI=1S/C17H13BrN2O3/c1-10-12(3-2-4-13(10)18)17-20-14-7-11(9-21)15(22-6-5-19)8-16(14)23-17/h2-4,7-8,21H,6,9H2,1H3. The van der Waals surface area contributed by atoms with Gasteiger partial charge in [-0.2, -0.15) is 5.26 Å². The maximum atomic E-state index is 9.45. The van der Waals surface area contributed by atoms with Gasteiger partial charge in [0.15, 0.2) is 12.2 Å². The van der Waals surface area contributed by atoms with Crippen LogP contribution in [0.4, 0.5) is 0 Å². The first-order valence-corrected chi connectivity index (χ1v) is 7.73. The molecule has 3 rings (SSSR count). The molecule has 1 N–H and O–H groups in total. The summed E-state index contributed by atoms with van der Waals surface area (Å²) >= 11 is 3.50. The van der Waals surface area contributed by atoms with Gasteiger partial charge in [0.2, 0.25) is 5.89 Å². The molecule has 0 unspecified atom stereocenters. The molecular weight excluding hydrogens is 360 g/mol. The zero-order valence-corrected chi connectivity index (χ0v) is 13.9. The van der Waals surface area contributed by atoms with E-state index in [0.29, 0.717) is 28.3 Å². The average molecular weight is 373 g/mol. The highest BCUT2D eigenvalue weighted by Crippen LogP contribution is 2.33. The summed E-state index contributed by atoms with van der Waals surface area (Å²) in [5.74, 6) is 0.926. The van der Waals surface area contributed by atoms with Gasteiger partial charge in [-0.25, -0.2) is 4.98 Å². The Hall–Kier alpha value is -2.36. The van der Waals surface area contributed by atoms with Crippen molar-refractivity contribution in [2.75, 3.05) is 6.61 Å². The Morgan fingerprint density at radius 3 is 2.96 bits per heavy atom. The lowest BCUT2D eigenvalue weighted by Crippen LogP contribution is -1.97. The van der Waals surface area contributed by atoms with Gasteiger partial charge in [-0.3, -0.25) is 0 Å². The lowest BCUT2D eigenvalue weighted by atomic mass is 10.1. The van der Waals surface area contributed by atoms with Gasteiger partial charge in [-0.15, -0.1) is 0 Å². The molecule has 6 heteroatoms. The number of hydrogen-bond donors (Lipinski definition) is 1. The molecule has 1 aromatic heterocycles. The summed E-state index contributed by atoms with van der Waals surface area (Å²) in [6.07, 6.45) is 0. The molecule has 0 radical (unpaired) electrons. The molecule has 0 aliphatic heterocycles. The minimum absolute atomic E-state index is 0.0930. The van der Waals surface area contributed by atoms with Gasteiger partial charge in [-0.1, -0.05) is 22.0 Å². The molecule has 0 fully saturated rings. The third-order valence-corrected chi connectivity index (χ3v) is 4.39. The highest BCUT2D eigenvalue weighted by molar-refractivity contribution is 9.10. The summed E-state index contributed by atoms with van der Waals surface area (Å²) in [6.45, 7) is 1.69. The van der Waals surface area contributed by atoms with Crippen LogP contribution in [0.2, 0.25) is 0 Å². The van der Waals surface area contributed by atoms with E-state index < -0.39 is 0 Å². The molecule has 0 aliphatic rings. The fourth-order valence-electron chi connectivity index (χ4n) is 2.32. The van der Waals surface area contributed by atoms with E-state index in [2.05, 4.69) is 20.9 Å². The van der Waals surface area contributed by atoms with Gasteiger partial charge in [0.05, 0.1) is 6.61 Å². The molecule has 23 heavy (non-hydrogen) atoms. The van der Waals surface area contributed by atoms with Crippen LogP contribution in [0.5, 0.6) is 5.75 Å². The Bertz CT molecular complexity index is 912. The highest BCUT2D eigenvalue weighted by Gasteiger charge is 2.15. The van der Waals surface area contributed by atoms with Crippen molar-refractivity contribution >= 4 is 27.0 Å². The number of hydrogen-bond acceptors (Lipinski definition) is 5. The molecule has 116 valence electrons. The van der Waals surface area contributed by atoms with E-state index in [9.17, 15) is 5.11 Å². The van der Waals surface area contributed by atoms with E-state index in [1.54, 1.807) is 12.1 Å². The maximum absolute atomic E-state index is 9.45. The van der Waals surface area contributed by atoms with E-state index in [1.807, 2.05) is 31.2 Å². The van der Waals surface area contributed by atoms with Crippen LogP contribution < -0.4 is 4.74 Å². The van der Waals surface area contributed by atoms with Gasteiger partial charge >= 0.3 is 0 Å². The smallest absolute Gasteiger partial charge is 0.227 e. The van der Waals surface area contributed by atoms with Crippen LogP contribution >= 0.6 is 15.9 Å². The molecule has 0 bridgehead atoms. The Labute approximate surface area is 141 Å². The van der Waals surface area contributed by atoms with Crippen molar-refractivity contribution in [3.63, 3.8) is 0 Å². The molecule has 0 spiro atoms. The molecular formula is C17H13BrN2O3. The number of halogens is 1. The number of aliphatic hydroxyl groups is 1. The summed E-state index contributed by atoms with van der Waals surface area (Å²) in [7, 11) is 0. The molecule has 5 nitrogen and oxygen atoms in total. The van der Waals surface area contributed by atoms with Gasteiger partial charge in [0.1, 0.15) is 17.3 Å². The second-order valence-electron chi connectivity index (χ2n) is 4.96. The molecule has 2 aromatic carbocycles. The van der Waals surface area contributed by atoms with Crippen molar-refractivity contribution in [2.45, 2.75) is 13.5 Å². The number of fused-ring (bicyclic) bond motifs is 1. The van der Waals surface area contributed by atoms with Crippen molar-refractivity contribution in [1.29, 1.82) is 5.26 Å². The van der Waals surface area contributed by atoms with Crippen molar-refractivity contribution in [3.8, 4) is 23.3 Å². The van der Waals surface area contributed by atoms with Gasteiger partial charge in [0, 0.05) is 21.7 Å². The van der Waals surface area contributed by atoms with Crippen LogP contribution in [0.25, 0.3) is 22.6 Å². The minimum Gasteiger partial charge on any atom is -0.478 e. The normalized spacial score (nSPS) is 10.7. The number of aliphatic hydroxyl groups excluding tert-OH is 1. The van der Waals surface area contributed by atoms with Crippen LogP contribution in [0.15, 0.2) is 39.2 Å². The summed E-state index contributed by atoms with van der Waals surface area (Å²) in [6, 6.07) is 11.1. The number of ether oxygens (including phenoxy) is 1. The Morgan fingerprint density at radius 2 is 2.22 bits per heavy atom. The molecule has 1 heterocycles. The van der Waals surface area contributed by atoms with Crippen LogP contribution in [-0.2, 0) is 6.61 Å². The molecule has 0 amide bonds. The van der Waals surface area contributed by atoms with Crippen LogP contribution in [0, 0.1) is 18.3 Å². The monoisotopic (exact) mass is 372 g/mol. The van der Waals surface area contributed by atoms with Crippen LogP contribution in [0.3, 0.4) is 0 Å². The predicted molar refractivity (Wildman–Crippen MR) is 88.9 cm³/mol. The first-order valence-electron chi connectivity index (χ1n) is 6.93.